The fourth-order valence-electron chi connectivity index (χ4n) is 2.28. The molecule has 3 rings (SSSR count). The van der Waals surface area contributed by atoms with Crippen molar-refractivity contribution in [2.45, 2.75) is 6.04 Å². The standard InChI is InChI=1S/C15H12BrNO3S/c16-13-4-3-10-7-12(2-1-11(10)8-13)15(18)17-14-5-6-21(19,20)9-14/h1-8,14H,9H2,(H,17,18). The molecule has 1 aliphatic heterocycles. The number of carbonyl (C=O) groups excluding carboxylic acids is 1. The second-order valence-electron chi connectivity index (χ2n) is 4.94. The summed E-state index contributed by atoms with van der Waals surface area (Å²) < 4.78 is 23.6. The van der Waals surface area contributed by atoms with Gasteiger partial charge in [0.1, 0.15) is 0 Å². The molecule has 0 radical (unpaired) electrons. The van der Waals surface area contributed by atoms with Crippen LogP contribution in [0.4, 0.5) is 0 Å². The highest BCUT2D eigenvalue weighted by Gasteiger charge is 2.23. The van der Waals surface area contributed by atoms with Crippen LogP contribution >= 0.6 is 15.9 Å². The van der Waals surface area contributed by atoms with Crippen molar-refractivity contribution in [3.8, 4) is 0 Å². The molecule has 1 atom stereocenters. The van der Waals surface area contributed by atoms with Gasteiger partial charge in [-0.2, -0.15) is 0 Å². The molecule has 2 aromatic rings. The third-order valence-corrected chi connectivity index (χ3v) is 5.20. The van der Waals surface area contributed by atoms with Gasteiger partial charge in [-0.15, -0.1) is 0 Å². The number of hydrogen-bond donors (Lipinski definition) is 1. The number of fused-ring (bicyclic) bond motifs is 1. The van der Waals surface area contributed by atoms with Crippen LogP contribution in [0.1, 0.15) is 10.4 Å². The van der Waals surface area contributed by atoms with Crippen LogP contribution in [0.2, 0.25) is 0 Å². The Bertz CT molecular complexity index is 858. The first-order valence-corrected chi connectivity index (χ1v) is 8.85. The normalized spacial score (nSPS) is 19.8. The lowest BCUT2D eigenvalue weighted by Crippen LogP contribution is -2.35. The minimum Gasteiger partial charge on any atom is -0.345 e. The summed E-state index contributed by atoms with van der Waals surface area (Å²) in [4.78, 5) is 12.2. The molecule has 0 saturated heterocycles. The first-order chi connectivity index (χ1) is 9.93. The van der Waals surface area contributed by atoms with Crippen LogP contribution in [0.5, 0.6) is 0 Å². The second kappa shape index (κ2) is 5.27. The average molecular weight is 366 g/mol. The van der Waals surface area contributed by atoms with Gasteiger partial charge in [0.2, 0.25) is 0 Å². The Morgan fingerprint density at radius 1 is 1.14 bits per heavy atom. The van der Waals surface area contributed by atoms with Crippen LogP contribution in [-0.4, -0.2) is 26.1 Å². The van der Waals surface area contributed by atoms with E-state index in [1.54, 1.807) is 12.1 Å². The summed E-state index contributed by atoms with van der Waals surface area (Å²) in [5.74, 6) is -0.342. The Balaban J connectivity index is 1.82. The molecule has 1 heterocycles. The predicted octanol–water partition coefficient (Wildman–Crippen LogP) is 2.64. The van der Waals surface area contributed by atoms with Crippen molar-refractivity contribution in [3.63, 3.8) is 0 Å². The van der Waals surface area contributed by atoms with Crippen molar-refractivity contribution in [3.05, 3.63) is 57.9 Å². The highest BCUT2D eigenvalue weighted by molar-refractivity contribution is 9.10. The lowest BCUT2D eigenvalue weighted by Gasteiger charge is -2.10. The topological polar surface area (TPSA) is 63.2 Å². The molecule has 1 amide bonds. The van der Waals surface area contributed by atoms with Gasteiger partial charge in [-0.25, -0.2) is 8.42 Å². The molecule has 1 N–H and O–H groups in total. The molecule has 6 heteroatoms. The van der Waals surface area contributed by atoms with Gasteiger partial charge in [0.05, 0.1) is 11.8 Å². The van der Waals surface area contributed by atoms with Crippen LogP contribution in [-0.2, 0) is 9.84 Å². The molecule has 0 spiro atoms. The van der Waals surface area contributed by atoms with Crippen molar-refractivity contribution in [1.82, 2.24) is 5.32 Å². The van der Waals surface area contributed by atoms with Gasteiger partial charge in [0, 0.05) is 15.4 Å². The Labute approximate surface area is 130 Å². The number of rotatable bonds is 2. The van der Waals surface area contributed by atoms with Gasteiger partial charge >= 0.3 is 0 Å². The van der Waals surface area contributed by atoms with E-state index >= 15 is 0 Å². The molecule has 0 saturated carbocycles. The number of nitrogens with one attached hydrogen (secondary N) is 1. The number of carbonyl (C=O) groups is 1. The van der Waals surface area contributed by atoms with Crippen molar-refractivity contribution < 1.29 is 13.2 Å². The molecule has 0 fully saturated rings. The van der Waals surface area contributed by atoms with Gasteiger partial charge in [-0.1, -0.05) is 28.1 Å². The van der Waals surface area contributed by atoms with E-state index in [4.69, 9.17) is 0 Å². The molecule has 108 valence electrons. The highest BCUT2D eigenvalue weighted by Crippen LogP contribution is 2.21. The Kier molecular flexibility index (Phi) is 3.59. The summed E-state index contributed by atoms with van der Waals surface area (Å²) in [5, 5.41) is 5.85. The number of amides is 1. The molecular formula is C15H12BrNO3S. The second-order valence-corrected chi connectivity index (χ2v) is 7.79. The molecule has 2 aromatic carbocycles. The third kappa shape index (κ3) is 3.16. The number of halogens is 1. The molecule has 4 nitrogen and oxygen atoms in total. The predicted molar refractivity (Wildman–Crippen MR) is 85.8 cm³/mol. The molecule has 0 aliphatic carbocycles. The average Bonchev–Trinajstić information content (AvgIpc) is 2.77. The van der Waals surface area contributed by atoms with Crippen LogP contribution in [0.3, 0.4) is 0 Å². The van der Waals surface area contributed by atoms with Gasteiger partial charge < -0.3 is 5.32 Å². The SMILES string of the molecule is O=C(NC1C=CS(=O)(=O)C1)c1ccc2cc(Br)ccc2c1. The number of sulfone groups is 1. The molecule has 1 unspecified atom stereocenters. The van der Waals surface area contributed by atoms with Gasteiger partial charge in [-0.05, 0) is 41.1 Å². The van der Waals surface area contributed by atoms with Crippen LogP contribution in [0, 0.1) is 0 Å². The quantitative estimate of drug-likeness (QED) is 0.889. The summed E-state index contributed by atoms with van der Waals surface area (Å²) in [5.41, 5.74) is 0.516. The fourth-order valence-corrected chi connectivity index (χ4v) is 3.89. The first-order valence-electron chi connectivity index (χ1n) is 6.34. The van der Waals surface area contributed by atoms with Crippen LogP contribution < -0.4 is 5.32 Å². The van der Waals surface area contributed by atoms with Gasteiger partial charge in [0.15, 0.2) is 9.84 Å². The summed E-state index contributed by atoms with van der Waals surface area (Å²) >= 11 is 3.41. The minimum absolute atomic E-state index is 0.0702. The molecule has 0 aromatic heterocycles. The molecular weight excluding hydrogens is 354 g/mol. The molecule has 0 bridgehead atoms. The summed E-state index contributed by atoms with van der Waals surface area (Å²) in [6.45, 7) is 0. The summed E-state index contributed by atoms with van der Waals surface area (Å²) in [7, 11) is -3.16. The summed E-state index contributed by atoms with van der Waals surface area (Å²) in [6, 6.07) is 10.8. The fraction of sp³-hybridized carbons (Fsp3) is 0.133. The maximum Gasteiger partial charge on any atom is 0.251 e. The lowest BCUT2D eigenvalue weighted by molar-refractivity contribution is 0.0948. The van der Waals surface area contributed by atoms with Crippen molar-refractivity contribution in [1.29, 1.82) is 0 Å². The number of hydrogen-bond acceptors (Lipinski definition) is 3. The van der Waals surface area contributed by atoms with Crippen LogP contribution in [0.15, 0.2) is 52.4 Å². The maximum absolute atomic E-state index is 12.2. The van der Waals surface area contributed by atoms with Crippen molar-refractivity contribution in [2.75, 3.05) is 5.75 Å². The zero-order chi connectivity index (χ0) is 15.0. The van der Waals surface area contributed by atoms with Gasteiger partial charge in [-0.3, -0.25) is 4.79 Å². The van der Waals surface area contributed by atoms with E-state index in [9.17, 15) is 13.2 Å². The van der Waals surface area contributed by atoms with E-state index in [0.717, 1.165) is 20.7 Å². The van der Waals surface area contributed by atoms with E-state index < -0.39 is 15.9 Å². The first kappa shape index (κ1) is 14.3. The highest BCUT2D eigenvalue weighted by atomic mass is 79.9. The third-order valence-electron chi connectivity index (χ3n) is 3.31. The van der Waals surface area contributed by atoms with E-state index in [2.05, 4.69) is 21.2 Å². The van der Waals surface area contributed by atoms with E-state index in [1.165, 1.54) is 6.08 Å². The Morgan fingerprint density at radius 2 is 1.86 bits per heavy atom. The number of benzene rings is 2. The monoisotopic (exact) mass is 365 g/mol. The Morgan fingerprint density at radius 3 is 2.57 bits per heavy atom. The zero-order valence-electron chi connectivity index (χ0n) is 10.9. The van der Waals surface area contributed by atoms with Crippen molar-refractivity contribution >= 4 is 42.4 Å². The largest absolute Gasteiger partial charge is 0.345 e. The summed E-state index contributed by atoms with van der Waals surface area (Å²) in [6.07, 6.45) is 1.51. The van der Waals surface area contributed by atoms with Gasteiger partial charge in [0.25, 0.3) is 5.91 Å². The molecule has 21 heavy (non-hydrogen) atoms. The molecule has 1 aliphatic rings. The maximum atomic E-state index is 12.2. The van der Waals surface area contributed by atoms with E-state index in [1.807, 2.05) is 24.3 Å². The Hall–Kier alpha value is -1.66. The minimum atomic E-state index is -3.16. The lowest BCUT2D eigenvalue weighted by atomic mass is 10.1. The van der Waals surface area contributed by atoms with E-state index in [-0.39, 0.29) is 11.7 Å². The van der Waals surface area contributed by atoms with Crippen LogP contribution in [0.25, 0.3) is 10.8 Å². The smallest absolute Gasteiger partial charge is 0.251 e. The van der Waals surface area contributed by atoms with E-state index in [0.29, 0.717) is 5.56 Å². The van der Waals surface area contributed by atoms with Crippen molar-refractivity contribution in [2.24, 2.45) is 0 Å². The zero-order valence-corrected chi connectivity index (χ0v) is 13.3.